The quantitative estimate of drug-likeness (QED) is 0.672. The number of rotatable bonds is 4. The lowest BCUT2D eigenvalue weighted by atomic mass is 10.3. The lowest BCUT2D eigenvalue weighted by molar-refractivity contribution is -0.114. The number of carbonyl (C=O) groups is 1. The number of likely N-dealkylation sites (N-methyl/N-ethyl adjacent to an activating group) is 1. The molecule has 0 N–H and O–H groups in total. The Morgan fingerprint density at radius 2 is 2.20 bits per heavy atom. The molecule has 0 spiro atoms. The molecule has 2 amide bonds. The second-order valence-electron chi connectivity index (χ2n) is 3.08. The van der Waals surface area contributed by atoms with Crippen LogP contribution in [-0.2, 0) is 4.84 Å². The van der Waals surface area contributed by atoms with Gasteiger partial charge in [-0.15, -0.1) is 6.58 Å². The van der Waals surface area contributed by atoms with Crippen molar-refractivity contribution in [1.29, 1.82) is 0 Å². The van der Waals surface area contributed by atoms with Crippen LogP contribution in [0.25, 0.3) is 0 Å². The van der Waals surface area contributed by atoms with Gasteiger partial charge in [-0.3, -0.25) is 4.84 Å². The predicted molar refractivity (Wildman–Crippen MR) is 61.4 cm³/mol. The maximum atomic E-state index is 11.5. The molecule has 0 aliphatic carbocycles. The Labute approximate surface area is 92.4 Å². The highest BCUT2D eigenvalue weighted by molar-refractivity contribution is 5.75. The van der Waals surface area contributed by atoms with Crippen LogP contribution in [-0.4, -0.2) is 41.7 Å². The lowest BCUT2D eigenvalue weighted by Crippen LogP contribution is -2.34. The molecule has 1 aliphatic heterocycles. The average Bonchev–Trinajstić information content (AvgIpc) is 2.54. The first-order valence-electron chi connectivity index (χ1n) is 5.52. The Hall–Kier alpha value is -1.03. The van der Waals surface area contributed by atoms with Gasteiger partial charge in [0.25, 0.3) is 0 Å². The minimum absolute atomic E-state index is 0.0446. The van der Waals surface area contributed by atoms with Gasteiger partial charge in [0, 0.05) is 13.1 Å². The highest BCUT2D eigenvalue weighted by Gasteiger charge is 2.34. The van der Waals surface area contributed by atoms with Crippen molar-refractivity contribution in [1.82, 2.24) is 9.96 Å². The van der Waals surface area contributed by atoms with Crippen LogP contribution in [0.2, 0.25) is 0 Å². The summed E-state index contributed by atoms with van der Waals surface area (Å²) in [6.07, 6.45) is 1.63. The third-order valence-corrected chi connectivity index (χ3v) is 2.06. The van der Waals surface area contributed by atoms with Crippen LogP contribution >= 0.6 is 0 Å². The fourth-order valence-corrected chi connectivity index (χ4v) is 1.38. The molecule has 4 nitrogen and oxygen atoms in total. The lowest BCUT2D eigenvalue weighted by Gasteiger charge is -2.18. The summed E-state index contributed by atoms with van der Waals surface area (Å²) in [6.45, 7) is 13.3. The van der Waals surface area contributed by atoms with Gasteiger partial charge in [-0.1, -0.05) is 19.9 Å². The van der Waals surface area contributed by atoms with Crippen molar-refractivity contribution in [3.8, 4) is 0 Å². The van der Waals surface area contributed by atoms with Gasteiger partial charge in [0.1, 0.15) is 0 Å². The third kappa shape index (κ3) is 3.55. The monoisotopic (exact) mass is 214 g/mol. The Morgan fingerprint density at radius 3 is 2.60 bits per heavy atom. The van der Waals surface area contributed by atoms with E-state index < -0.39 is 0 Å². The Balaban J connectivity index is 0.000000921. The second-order valence-corrected chi connectivity index (χ2v) is 3.08. The molecule has 15 heavy (non-hydrogen) atoms. The average molecular weight is 214 g/mol. The Bertz CT molecular complexity index is 207. The zero-order valence-corrected chi connectivity index (χ0v) is 10.2. The van der Waals surface area contributed by atoms with Crippen molar-refractivity contribution in [2.75, 3.05) is 19.7 Å². The molecule has 0 saturated carbocycles. The molecule has 0 unspecified atom stereocenters. The fraction of sp³-hybridized carbons (Fsp3) is 0.727. The SMILES string of the molecule is C=CCON1C(=O)N(CC)C[C@H]1C.CC. The number of hydrogen-bond donors (Lipinski definition) is 0. The van der Waals surface area contributed by atoms with E-state index in [1.807, 2.05) is 27.7 Å². The van der Waals surface area contributed by atoms with E-state index in [9.17, 15) is 4.79 Å². The van der Waals surface area contributed by atoms with Crippen molar-refractivity contribution in [2.24, 2.45) is 0 Å². The van der Waals surface area contributed by atoms with E-state index in [-0.39, 0.29) is 12.1 Å². The van der Waals surface area contributed by atoms with E-state index in [4.69, 9.17) is 4.84 Å². The first-order valence-corrected chi connectivity index (χ1v) is 5.52. The number of urea groups is 1. The molecule has 0 aromatic heterocycles. The summed E-state index contributed by atoms with van der Waals surface area (Å²) in [5, 5.41) is 1.42. The van der Waals surface area contributed by atoms with Gasteiger partial charge in [0.15, 0.2) is 0 Å². The topological polar surface area (TPSA) is 32.8 Å². The molecule has 1 fully saturated rings. The van der Waals surface area contributed by atoms with Crippen LogP contribution in [0.1, 0.15) is 27.7 Å². The minimum atomic E-state index is -0.0446. The van der Waals surface area contributed by atoms with E-state index in [1.54, 1.807) is 11.0 Å². The zero-order chi connectivity index (χ0) is 11.8. The molecule has 0 aromatic carbocycles. The number of carbonyl (C=O) groups excluding carboxylic acids is 1. The van der Waals surface area contributed by atoms with Crippen LogP contribution in [0.4, 0.5) is 4.79 Å². The molecule has 88 valence electrons. The Morgan fingerprint density at radius 1 is 1.60 bits per heavy atom. The normalized spacial score (nSPS) is 20.0. The van der Waals surface area contributed by atoms with E-state index >= 15 is 0 Å². The largest absolute Gasteiger partial charge is 0.344 e. The smallest absolute Gasteiger partial charge is 0.321 e. The molecule has 0 bridgehead atoms. The fourth-order valence-electron chi connectivity index (χ4n) is 1.38. The van der Waals surface area contributed by atoms with Gasteiger partial charge in [-0.25, -0.2) is 4.79 Å². The Kier molecular flexibility index (Phi) is 6.79. The second kappa shape index (κ2) is 7.29. The zero-order valence-electron chi connectivity index (χ0n) is 10.2. The molecule has 1 aliphatic rings. The van der Waals surface area contributed by atoms with Crippen molar-refractivity contribution in [2.45, 2.75) is 33.7 Å². The number of hydroxylamine groups is 2. The summed E-state index contributed by atoms with van der Waals surface area (Å²) in [6, 6.07) is 0.0873. The van der Waals surface area contributed by atoms with E-state index in [0.29, 0.717) is 6.61 Å². The van der Waals surface area contributed by atoms with Crippen LogP contribution < -0.4 is 0 Å². The molecular formula is C11H22N2O2. The van der Waals surface area contributed by atoms with Gasteiger partial charge in [-0.05, 0) is 13.8 Å². The molecule has 0 radical (unpaired) electrons. The van der Waals surface area contributed by atoms with Crippen LogP contribution in [0, 0.1) is 0 Å². The van der Waals surface area contributed by atoms with Gasteiger partial charge < -0.3 is 4.90 Å². The molecule has 1 heterocycles. The van der Waals surface area contributed by atoms with Gasteiger partial charge in [-0.2, -0.15) is 5.06 Å². The highest BCUT2D eigenvalue weighted by Crippen LogP contribution is 2.15. The summed E-state index contributed by atoms with van der Waals surface area (Å²) < 4.78 is 0. The number of amides is 2. The van der Waals surface area contributed by atoms with E-state index in [2.05, 4.69) is 6.58 Å². The molecule has 0 aromatic rings. The van der Waals surface area contributed by atoms with Crippen LogP contribution in [0.5, 0.6) is 0 Å². The minimum Gasteiger partial charge on any atom is -0.321 e. The van der Waals surface area contributed by atoms with Crippen molar-refractivity contribution in [3.05, 3.63) is 12.7 Å². The van der Waals surface area contributed by atoms with Crippen LogP contribution in [0.3, 0.4) is 0 Å². The van der Waals surface area contributed by atoms with E-state index in [1.165, 1.54) is 5.06 Å². The summed E-state index contributed by atoms with van der Waals surface area (Å²) in [5.74, 6) is 0. The van der Waals surface area contributed by atoms with E-state index in [0.717, 1.165) is 13.1 Å². The maximum absolute atomic E-state index is 11.5. The highest BCUT2D eigenvalue weighted by atomic mass is 16.7. The van der Waals surface area contributed by atoms with Crippen molar-refractivity contribution < 1.29 is 9.63 Å². The summed E-state index contributed by atoms with van der Waals surface area (Å²) >= 11 is 0. The first kappa shape index (κ1) is 14.0. The standard InChI is InChI=1S/C9H16N2O2.C2H6/c1-4-6-13-11-8(3)7-10(5-2)9(11)12;1-2/h4,8H,1,5-7H2,2-3H3;1-2H3/t8-;/m1./s1. The molecule has 1 atom stereocenters. The maximum Gasteiger partial charge on any atom is 0.344 e. The van der Waals surface area contributed by atoms with Gasteiger partial charge in [0.05, 0.1) is 12.6 Å². The third-order valence-electron chi connectivity index (χ3n) is 2.06. The molecule has 4 heteroatoms. The van der Waals surface area contributed by atoms with Gasteiger partial charge >= 0.3 is 6.03 Å². The summed E-state index contributed by atoms with van der Waals surface area (Å²) in [4.78, 5) is 18.5. The van der Waals surface area contributed by atoms with Gasteiger partial charge in [0.2, 0.25) is 0 Å². The summed E-state index contributed by atoms with van der Waals surface area (Å²) in [7, 11) is 0. The number of hydrogen-bond acceptors (Lipinski definition) is 2. The molecule has 1 rings (SSSR count). The summed E-state index contributed by atoms with van der Waals surface area (Å²) in [5.41, 5.74) is 0. The molecular weight excluding hydrogens is 192 g/mol. The van der Waals surface area contributed by atoms with Crippen molar-refractivity contribution in [3.63, 3.8) is 0 Å². The predicted octanol–water partition coefficient (Wildman–Crippen LogP) is 2.28. The molecule has 1 saturated heterocycles. The van der Waals surface area contributed by atoms with Crippen LogP contribution in [0.15, 0.2) is 12.7 Å². The first-order chi connectivity index (χ1) is 7.20. The van der Waals surface area contributed by atoms with Crippen molar-refractivity contribution >= 4 is 6.03 Å². The number of nitrogens with zero attached hydrogens (tertiary/aromatic N) is 2.